The number of carbonyl (C=O) groups excluding carboxylic acids is 2. The van der Waals surface area contributed by atoms with E-state index in [0.29, 0.717) is 23.6 Å². The molecule has 0 spiro atoms. The Hall–Kier alpha value is -3.90. The van der Waals surface area contributed by atoms with Crippen LogP contribution in [0.15, 0.2) is 60.9 Å². The van der Waals surface area contributed by atoms with Crippen LogP contribution in [0.1, 0.15) is 78.1 Å². The summed E-state index contributed by atoms with van der Waals surface area (Å²) in [7, 11) is 0. The highest BCUT2D eigenvalue weighted by molar-refractivity contribution is 7.99. The van der Waals surface area contributed by atoms with Crippen molar-refractivity contribution in [2.75, 3.05) is 25.6 Å². The van der Waals surface area contributed by atoms with E-state index in [1.807, 2.05) is 53.9 Å². The minimum absolute atomic E-state index is 0.158. The Kier molecular flexibility index (Phi) is 10.3. The second kappa shape index (κ2) is 14.4. The van der Waals surface area contributed by atoms with Gasteiger partial charge in [0.15, 0.2) is 0 Å². The SMILES string of the molecule is CSC1CC(c2ncc(-c3ccc(-c4ccc(-c5cnc(C6CC(SC)CN6C(=O)OC(C)(C)C)[nH]5)cc4)cc3)[nH]2)N(C(=O)OC(C)(C)C)C1. The highest BCUT2D eigenvalue weighted by Crippen LogP contribution is 2.39. The Bertz CT molecular complexity index is 1660. The predicted octanol–water partition coefficient (Wildman–Crippen LogP) is 8.96. The monoisotopic (exact) mass is 716 g/mol. The minimum atomic E-state index is -0.557. The molecule has 0 bridgehead atoms. The number of nitrogens with zero attached hydrogens (tertiary/aromatic N) is 4. The Morgan fingerprint density at radius 1 is 0.640 bits per heavy atom. The first-order valence-electron chi connectivity index (χ1n) is 17.1. The summed E-state index contributed by atoms with van der Waals surface area (Å²) in [6, 6.07) is 16.5. The number of hydrogen-bond donors (Lipinski definition) is 2. The Morgan fingerprint density at radius 3 is 1.30 bits per heavy atom. The zero-order valence-electron chi connectivity index (χ0n) is 30.1. The number of likely N-dealkylation sites (tertiary alicyclic amines) is 2. The molecule has 0 radical (unpaired) electrons. The van der Waals surface area contributed by atoms with Crippen LogP contribution < -0.4 is 0 Å². The molecule has 50 heavy (non-hydrogen) atoms. The van der Waals surface area contributed by atoms with E-state index < -0.39 is 11.2 Å². The highest BCUT2D eigenvalue weighted by atomic mass is 32.2. The average Bonchev–Trinajstić information content (AvgIpc) is 3.88. The highest BCUT2D eigenvalue weighted by Gasteiger charge is 2.41. The number of aromatic nitrogens is 4. The predicted molar refractivity (Wildman–Crippen MR) is 202 cm³/mol. The van der Waals surface area contributed by atoms with Crippen LogP contribution >= 0.6 is 23.5 Å². The topological polar surface area (TPSA) is 116 Å². The maximum absolute atomic E-state index is 13.0. The van der Waals surface area contributed by atoms with E-state index in [0.717, 1.165) is 58.1 Å². The van der Waals surface area contributed by atoms with Crippen LogP contribution in [0.2, 0.25) is 0 Å². The maximum Gasteiger partial charge on any atom is 0.410 e. The van der Waals surface area contributed by atoms with Crippen molar-refractivity contribution in [1.29, 1.82) is 0 Å². The van der Waals surface area contributed by atoms with Gasteiger partial charge in [0.05, 0.1) is 35.9 Å². The molecule has 2 aromatic carbocycles. The molecule has 2 aromatic heterocycles. The number of H-pyrrole nitrogens is 2. The number of thioether (sulfide) groups is 2. The van der Waals surface area contributed by atoms with Crippen LogP contribution in [0.25, 0.3) is 33.6 Å². The summed E-state index contributed by atoms with van der Waals surface area (Å²) in [5.74, 6) is 1.55. The molecule has 2 amide bonds. The molecule has 266 valence electrons. The van der Waals surface area contributed by atoms with E-state index in [2.05, 4.69) is 71.0 Å². The smallest absolute Gasteiger partial charge is 0.410 e. The molecule has 2 N–H and O–H groups in total. The molecule has 4 atom stereocenters. The van der Waals surface area contributed by atoms with Gasteiger partial charge in [-0.3, -0.25) is 9.80 Å². The molecular weight excluding hydrogens is 669 g/mol. The van der Waals surface area contributed by atoms with Gasteiger partial charge >= 0.3 is 12.2 Å². The van der Waals surface area contributed by atoms with E-state index in [9.17, 15) is 9.59 Å². The summed E-state index contributed by atoms with van der Waals surface area (Å²) in [5, 5.41) is 0.660. The van der Waals surface area contributed by atoms with Crippen molar-refractivity contribution in [2.45, 2.75) is 88.2 Å². The van der Waals surface area contributed by atoms with E-state index in [-0.39, 0.29) is 24.3 Å². The molecule has 2 fully saturated rings. The standard InChI is InChI=1S/C38H48N6O4S2/c1-37(2,3)47-35(45)43-21-27(49-7)17-31(43)33-39-19-29(41-33)25-13-9-23(10-14-25)24-11-15-26(16-12-24)30-20-40-34(42-30)32-18-28(50-8)22-44(32)36(46)48-38(4,5)6/h9-16,19-20,27-28,31-32H,17-18,21-22H2,1-8H3,(H,39,41)(H,40,42). The van der Waals surface area contributed by atoms with Crippen LogP contribution in [0.4, 0.5) is 9.59 Å². The quantitative estimate of drug-likeness (QED) is 0.195. The lowest BCUT2D eigenvalue weighted by Crippen LogP contribution is -2.37. The zero-order valence-corrected chi connectivity index (χ0v) is 31.8. The van der Waals surface area contributed by atoms with Crippen molar-refractivity contribution < 1.29 is 19.1 Å². The van der Waals surface area contributed by atoms with Crippen LogP contribution in [0.3, 0.4) is 0 Å². The van der Waals surface area contributed by atoms with Gasteiger partial charge < -0.3 is 19.4 Å². The third kappa shape index (κ3) is 8.18. The van der Waals surface area contributed by atoms with Crippen LogP contribution in [-0.2, 0) is 9.47 Å². The zero-order chi connectivity index (χ0) is 35.8. The second-order valence-electron chi connectivity index (χ2n) is 15.0. The number of carbonyl (C=O) groups is 2. The molecule has 2 aliphatic heterocycles. The average molecular weight is 717 g/mol. The van der Waals surface area contributed by atoms with Gasteiger partial charge in [-0.05, 0) is 89.1 Å². The lowest BCUT2D eigenvalue weighted by atomic mass is 10.0. The Labute approximate surface area is 303 Å². The van der Waals surface area contributed by atoms with Crippen LogP contribution in [-0.4, -0.2) is 89.2 Å². The number of nitrogens with one attached hydrogen (secondary N) is 2. The molecule has 10 nitrogen and oxygen atoms in total. The molecule has 12 heteroatoms. The third-order valence-electron chi connectivity index (χ3n) is 9.00. The van der Waals surface area contributed by atoms with Gasteiger partial charge in [0.2, 0.25) is 0 Å². The first-order valence-corrected chi connectivity index (χ1v) is 19.6. The Balaban J connectivity index is 1.13. The van der Waals surface area contributed by atoms with Gasteiger partial charge in [-0.1, -0.05) is 48.5 Å². The van der Waals surface area contributed by atoms with Crippen molar-refractivity contribution in [3.8, 4) is 33.6 Å². The number of aromatic amines is 2. The van der Waals surface area contributed by atoms with Gasteiger partial charge in [0, 0.05) is 23.6 Å². The number of rotatable bonds is 7. The van der Waals surface area contributed by atoms with E-state index >= 15 is 0 Å². The molecule has 2 aliphatic rings. The fourth-order valence-corrected chi connectivity index (χ4v) is 7.86. The molecule has 4 aromatic rings. The maximum atomic E-state index is 13.0. The summed E-state index contributed by atoms with van der Waals surface area (Å²) in [6.45, 7) is 12.6. The number of ether oxygens (including phenoxy) is 2. The summed E-state index contributed by atoms with van der Waals surface area (Å²) >= 11 is 3.54. The molecule has 4 unspecified atom stereocenters. The van der Waals surface area contributed by atoms with E-state index in [1.165, 1.54) is 0 Å². The van der Waals surface area contributed by atoms with Gasteiger partial charge in [0.1, 0.15) is 22.9 Å². The fraction of sp³-hybridized carbons (Fsp3) is 0.474. The van der Waals surface area contributed by atoms with Gasteiger partial charge in [-0.25, -0.2) is 19.6 Å². The van der Waals surface area contributed by atoms with Crippen LogP contribution in [0, 0.1) is 0 Å². The van der Waals surface area contributed by atoms with Crippen molar-refractivity contribution >= 4 is 35.7 Å². The lowest BCUT2D eigenvalue weighted by Gasteiger charge is -2.27. The number of imidazole rings is 2. The normalized spacial score (nSPS) is 21.1. The van der Waals surface area contributed by atoms with Crippen molar-refractivity contribution in [1.82, 2.24) is 29.7 Å². The molecule has 4 heterocycles. The summed E-state index contributed by atoms with van der Waals surface area (Å²) in [6.07, 6.45) is 8.89. The summed E-state index contributed by atoms with van der Waals surface area (Å²) in [4.78, 5) is 46.1. The van der Waals surface area contributed by atoms with Gasteiger partial charge in [0.25, 0.3) is 0 Å². The molecule has 0 saturated carbocycles. The molecular formula is C38H48N6O4S2. The van der Waals surface area contributed by atoms with Crippen molar-refractivity contribution in [3.05, 3.63) is 72.6 Å². The summed E-state index contributed by atoms with van der Waals surface area (Å²) < 4.78 is 11.4. The van der Waals surface area contributed by atoms with E-state index in [1.54, 1.807) is 33.3 Å². The number of hydrogen-bond acceptors (Lipinski definition) is 8. The molecule has 2 saturated heterocycles. The van der Waals surface area contributed by atoms with Crippen molar-refractivity contribution in [3.63, 3.8) is 0 Å². The van der Waals surface area contributed by atoms with Gasteiger partial charge in [-0.2, -0.15) is 23.5 Å². The number of amides is 2. The minimum Gasteiger partial charge on any atom is -0.444 e. The summed E-state index contributed by atoms with van der Waals surface area (Å²) in [5.41, 5.74) is 4.94. The molecule has 6 rings (SSSR count). The molecule has 0 aliphatic carbocycles. The van der Waals surface area contributed by atoms with Crippen molar-refractivity contribution in [2.24, 2.45) is 0 Å². The Morgan fingerprint density at radius 2 is 0.980 bits per heavy atom. The third-order valence-corrected chi connectivity index (χ3v) is 11.0. The first-order chi connectivity index (χ1) is 23.7. The number of benzene rings is 2. The largest absolute Gasteiger partial charge is 0.444 e. The second-order valence-corrected chi connectivity index (χ2v) is 17.3. The fourth-order valence-electron chi connectivity index (χ4n) is 6.49. The first kappa shape index (κ1) is 35.9. The van der Waals surface area contributed by atoms with Crippen LogP contribution in [0.5, 0.6) is 0 Å². The van der Waals surface area contributed by atoms with Gasteiger partial charge in [-0.15, -0.1) is 0 Å². The van der Waals surface area contributed by atoms with E-state index in [4.69, 9.17) is 19.4 Å². The lowest BCUT2D eigenvalue weighted by molar-refractivity contribution is 0.0209.